The summed E-state index contributed by atoms with van der Waals surface area (Å²) in [7, 11) is 0. The molecule has 1 atom stereocenters. The van der Waals surface area contributed by atoms with Crippen LogP contribution in [0.5, 0.6) is 0 Å². The van der Waals surface area contributed by atoms with Crippen molar-refractivity contribution >= 4 is 17.5 Å². The van der Waals surface area contributed by atoms with Crippen LogP contribution in [0.25, 0.3) is 0 Å². The lowest BCUT2D eigenvalue weighted by atomic mass is 9.76. The molecule has 8 heteroatoms. The fourth-order valence-electron chi connectivity index (χ4n) is 3.66. The van der Waals surface area contributed by atoms with E-state index >= 15 is 0 Å². The third-order valence-electron chi connectivity index (χ3n) is 5.11. The van der Waals surface area contributed by atoms with Crippen molar-refractivity contribution in [2.75, 3.05) is 25.0 Å². The van der Waals surface area contributed by atoms with Gasteiger partial charge in [0.05, 0.1) is 23.6 Å². The molecule has 1 aliphatic rings. The first-order valence-corrected chi connectivity index (χ1v) is 9.22. The average Bonchev–Trinajstić information content (AvgIpc) is 3.02. The van der Waals surface area contributed by atoms with Crippen molar-refractivity contribution in [3.8, 4) is 0 Å². The molecule has 0 aromatic carbocycles. The first kappa shape index (κ1) is 19.0. The number of anilines is 1. The number of carbonyl (C=O) groups excluding carboxylic acids is 2. The van der Waals surface area contributed by atoms with E-state index in [0.29, 0.717) is 24.3 Å². The highest BCUT2D eigenvalue weighted by Gasteiger charge is 2.43. The lowest BCUT2D eigenvalue weighted by molar-refractivity contribution is -0.127. The summed E-state index contributed by atoms with van der Waals surface area (Å²) in [5.41, 5.74) is 7.08. The minimum atomic E-state index is -0.858. The normalized spacial score (nSPS) is 20.4. The minimum Gasteiger partial charge on any atom is -0.369 e. The van der Waals surface area contributed by atoms with Gasteiger partial charge in [-0.05, 0) is 45.4 Å². The molecule has 2 aromatic rings. The van der Waals surface area contributed by atoms with Gasteiger partial charge in [0.15, 0.2) is 0 Å². The highest BCUT2D eigenvalue weighted by Crippen LogP contribution is 2.32. The van der Waals surface area contributed by atoms with Crippen molar-refractivity contribution in [1.82, 2.24) is 19.7 Å². The zero-order valence-corrected chi connectivity index (χ0v) is 15.8. The highest BCUT2D eigenvalue weighted by molar-refractivity contribution is 5.93. The van der Waals surface area contributed by atoms with Gasteiger partial charge < -0.3 is 11.1 Å². The summed E-state index contributed by atoms with van der Waals surface area (Å²) in [5, 5.41) is 7.25. The molecule has 1 saturated heterocycles. The standard InChI is InChI=1S/C19H26N6O2/c1-3-25-11-15(14(2)23-25)22-17(26)12-24-10-6-8-19(13-24,18(20)27)16-7-4-5-9-21-16/h4-5,7,9,11H,3,6,8,10,12-13H2,1-2H3,(H2,20,27)(H,22,26)/t19-/m0/s1. The molecule has 1 aliphatic heterocycles. The molecular weight excluding hydrogens is 344 g/mol. The van der Waals surface area contributed by atoms with Gasteiger partial charge >= 0.3 is 0 Å². The third kappa shape index (κ3) is 4.00. The molecule has 0 radical (unpaired) electrons. The molecule has 2 amide bonds. The summed E-state index contributed by atoms with van der Waals surface area (Å²) in [4.78, 5) is 31.2. The number of primary amides is 1. The number of aryl methyl sites for hydroxylation is 2. The number of nitrogens with zero attached hydrogens (tertiary/aromatic N) is 4. The van der Waals surface area contributed by atoms with Crippen LogP contribution in [0.15, 0.2) is 30.6 Å². The molecule has 1 fully saturated rings. The van der Waals surface area contributed by atoms with E-state index in [1.54, 1.807) is 10.9 Å². The van der Waals surface area contributed by atoms with E-state index in [-0.39, 0.29) is 12.5 Å². The Bertz CT molecular complexity index is 819. The quantitative estimate of drug-likeness (QED) is 0.791. The Morgan fingerprint density at radius 3 is 2.81 bits per heavy atom. The third-order valence-corrected chi connectivity index (χ3v) is 5.11. The second-order valence-corrected chi connectivity index (χ2v) is 7.01. The van der Waals surface area contributed by atoms with Gasteiger partial charge in [0, 0.05) is 25.5 Å². The maximum absolute atomic E-state index is 12.5. The van der Waals surface area contributed by atoms with E-state index in [4.69, 9.17) is 5.73 Å². The number of amides is 2. The van der Waals surface area contributed by atoms with Crippen molar-refractivity contribution in [2.45, 2.75) is 38.6 Å². The maximum atomic E-state index is 12.5. The molecule has 3 N–H and O–H groups in total. The number of likely N-dealkylation sites (tertiary alicyclic amines) is 1. The Kier molecular flexibility index (Phi) is 5.55. The number of hydrogen-bond acceptors (Lipinski definition) is 5. The fourth-order valence-corrected chi connectivity index (χ4v) is 3.66. The number of aromatic nitrogens is 3. The van der Waals surface area contributed by atoms with Gasteiger partial charge in [-0.3, -0.25) is 24.2 Å². The average molecular weight is 370 g/mol. The van der Waals surface area contributed by atoms with Crippen LogP contribution in [0.1, 0.15) is 31.2 Å². The summed E-state index contributed by atoms with van der Waals surface area (Å²) in [5.74, 6) is -0.526. The number of rotatable bonds is 6. The largest absolute Gasteiger partial charge is 0.369 e. The van der Waals surface area contributed by atoms with Crippen molar-refractivity contribution in [3.63, 3.8) is 0 Å². The first-order valence-electron chi connectivity index (χ1n) is 9.22. The Balaban J connectivity index is 1.71. The first-order chi connectivity index (χ1) is 12.9. The second-order valence-electron chi connectivity index (χ2n) is 7.01. The summed E-state index contributed by atoms with van der Waals surface area (Å²) in [6.45, 7) is 5.92. The molecule has 144 valence electrons. The molecule has 0 unspecified atom stereocenters. The van der Waals surface area contributed by atoms with Gasteiger partial charge in [-0.1, -0.05) is 6.07 Å². The Hall–Kier alpha value is -2.74. The van der Waals surface area contributed by atoms with Crippen LogP contribution in [0.2, 0.25) is 0 Å². The molecule has 3 rings (SSSR count). The molecular formula is C19H26N6O2. The molecule has 0 bridgehead atoms. The van der Waals surface area contributed by atoms with Crippen molar-refractivity contribution < 1.29 is 9.59 Å². The lowest BCUT2D eigenvalue weighted by Crippen LogP contribution is -2.55. The van der Waals surface area contributed by atoms with E-state index in [1.165, 1.54) is 0 Å². The summed E-state index contributed by atoms with van der Waals surface area (Å²) in [6, 6.07) is 5.49. The SMILES string of the molecule is CCn1cc(NC(=O)CN2CCC[C@@](C(N)=O)(c3ccccn3)C2)c(C)n1. The topological polar surface area (TPSA) is 106 Å². The summed E-state index contributed by atoms with van der Waals surface area (Å²) >= 11 is 0. The van der Waals surface area contributed by atoms with Crippen LogP contribution in [0.4, 0.5) is 5.69 Å². The zero-order chi connectivity index (χ0) is 19.4. The van der Waals surface area contributed by atoms with Gasteiger partial charge in [0.25, 0.3) is 0 Å². The maximum Gasteiger partial charge on any atom is 0.238 e. The van der Waals surface area contributed by atoms with E-state index < -0.39 is 11.3 Å². The zero-order valence-electron chi connectivity index (χ0n) is 15.8. The number of hydrogen-bond donors (Lipinski definition) is 2. The molecule has 27 heavy (non-hydrogen) atoms. The van der Waals surface area contributed by atoms with Crippen LogP contribution in [-0.2, 0) is 21.5 Å². The van der Waals surface area contributed by atoms with E-state index in [9.17, 15) is 9.59 Å². The van der Waals surface area contributed by atoms with Crippen LogP contribution >= 0.6 is 0 Å². The smallest absolute Gasteiger partial charge is 0.238 e. The van der Waals surface area contributed by atoms with Crippen LogP contribution in [0.3, 0.4) is 0 Å². The van der Waals surface area contributed by atoms with E-state index in [0.717, 1.165) is 25.2 Å². The van der Waals surface area contributed by atoms with Gasteiger partial charge in [-0.15, -0.1) is 0 Å². The van der Waals surface area contributed by atoms with Crippen molar-refractivity contribution in [3.05, 3.63) is 42.0 Å². The lowest BCUT2D eigenvalue weighted by Gasteiger charge is -2.40. The minimum absolute atomic E-state index is 0.130. The highest BCUT2D eigenvalue weighted by atomic mass is 16.2. The summed E-state index contributed by atoms with van der Waals surface area (Å²) in [6.07, 6.45) is 4.91. The number of nitrogens with one attached hydrogen (secondary N) is 1. The number of piperidine rings is 1. The van der Waals surface area contributed by atoms with Crippen LogP contribution in [-0.4, -0.2) is 51.1 Å². The molecule has 0 saturated carbocycles. The van der Waals surface area contributed by atoms with Crippen LogP contribution < -0.4 is 11.1 Å². The monoisotopic (exact) mass is 370 g/mol. The molecule has 2 aromatic heterocycles. The van der Waals surface area contributed by atoms with Gasteiger partial charge in [-0.25, -0.2) is 0 Å². The predicted molar refractivity (Wildman–Crippen MR) is 102 cm³/mol. The van der Waals surface area contributed by atoms with Gasteiger partial charge in [0.2, 0.25) is 11.8 Å². The second kappa shape index (κ2) is 7.87. The van der Waals surface area contributed by atoms with E-state index in [1.807, 2.05) is 43.1 Å². The van der Waals surface area contributed by atoms with Crippen molar-refractivity contribution in [1.29, 1.82) is 0 Å². The van der Waals surface area contributed by atoms with Gasteiger partial charge in [0.1, 0.15) is 5.41 Å². The van der Waals surface area contributed by atoms with E-state index in [2.05, 4.69) is 15.4 Å². The van der Waals surface area contributed by atoms with Crippen LogP contribution in [0, 0.1) is 6.92 Å². The molecule has 3 heterocycles. The Morgan fingerprint density at radius 1 is 1.37 bits per heavy atom. The Morgan fingerprint density at radius 2 is 2.19 bits per heavy atom. The summed E-state index contributed by atoms with van der Waals surface area (Å²) < 4.78 is 1.78. The van der Waals surface area contributed by atoms with Crippen molar-refractivity contribution in [2.24, 2.45) is 5.73 Å². The number of nitrogens with two attached hydrogens (primary N) is 1. The number of pyridine rings is 1. The predicted octanol–water partition coefficient (Wildman–Crippen LogP) is 1.06. The fraction of sp³-hybridized carbons (Fsp3) is 0.474. The van der Waals surface area contributed by atoms with Gasteiger partial charge in [-0.2, -0.15) is 5.10 Å². The molecule has 0 spiro atoms. The Labute approximate surface area is 158 Å². The molecule has 8 nitrogen and oxygen atoms in total. The number of carbonyl (C=O) groups is 2. The molecule has 0 aliphatic carbocycles.